The summed E-state index contributed by atoms with van der Waals surface area (Å²) < 4.78 is 20.5. The van der Waals surface area contributed by atoms with Crippen LogP contribution in [0.15, 0.2) is 30.3 Å². The van der Waals surface area contributed by atoms with Crippen LogP contribution in [0.25, 0.3) is 0 Å². The molecule has 0 atom stereocenters. The van der Waals surface area contributed by atoms with Gasteiger partial charge in [-0.2, -0.15) is 0 Å². The van der Waals surface area contributed by atoms with Crippen molar-refractivity contribution in [2.24, 2.45) is 0 Å². The van der Waals surface area contributed by atoms with Crippen molar-refractivity contribution in [3.05, 3.63) is 41.5 Å². The molecule has 0 aliphatic carbocycles. The molecule has 0 unspecified atom stereocenters. The second kappa shape index (κ2) is 9.50. The minimum atomic E-state index is -0.566. The fourth-order valence-electron chi connectivity index (χ4n) is 2.59. The topological polar surface area (TPSA) is 95.1 Å². The fourth-order valence-corrected chi connectivity index (χ4v) is 2.59. The van der Waals surface area contributed by atoms with Crippen molar-refractivity contribution in [3.63, 3.8) is 0 Å². The molecular formula is C20H24N2O6. The number of ether oxygens (including phenoxy) is 4. The van der Waals surface area contributed by atoms with E-state index in [1.807, 2.05) is 19.1 Å². The van der Waals surface area contributed by atoms with Gasteiger partial charge in [0.25, 0.3) is 0 Å². The molecule has 0 saturated heterocycles. The van der Waals surface area contributed by atoms with E-state index < -0.39 is 5.97 Å². The number of carbonyl (C=O) groups is 2. The maximum atomic E-state index is 12.4. The highest BCUT2D eigenvalue weighted by Gasteiger charge is 2.18. The zero-order valence-electron chi connectivity index (χ0n) is 16.5. The maximum absolute atomic E-state index is 12.4. The van der Waals surface area contributed by atoms with Crippen molar-refractivity contribution in [2.45, 2.75) is 6.92 Å². The summed E-state index contributed by atoms with van der Waals surface area (Å²) in [6, 6.07) is 8.55. The first-order chi connectivity index (χ1) is 13.4. The van der Waals surface area contributed by atoms with Gasteiger partial charge in [0, 0.05) is 12.1 Å². The average molecular weight is 388 g/mol. The molecule has 0 saturated carbocycles. The van der Waals surface area contributed by atoms with Crippen LogP contribution in [-0.4, -0.2) is 46.9 Å². The molecule has 2 N–H and O–H groups in total. The molecule has 0 radical (unpaired) electrons. The Kier molecular flexibility index (Phi) is 7.08. The van der Waals surface area contributed by atoms with E-state index in [0.717, 1.165) is 5.56 Å². The quantitative estimate of drug-likeness (QED) is 0.672. The zero-order chi connectivity index (χ0) is 20.7. The highest BCUT2D eigenvalue weighted by Crippen LogP contribution is 2.33. The van der Waals surface area contributed by atoms with Gasteiger partial charge in [0.05, 0.1) is 51.9 Å². The standard InChI is InChI=1S/C20H24N2O6/c1-12-6-7-16(25-2)15(8-12)22-19(23)11-21-14-10-18(27-4)17(26-3)9-13(14)20(24)28-5/h6-10,21H,11H2,1-5H3,(H,22,23). The fraction of sp³-hybridized carbons (Fsp3) is 0.300. The summed E-state index contributed by atoms with van der Waals surface area (Å²) in [6.45, 7) is 1.83. The first-order valence-corrected chi connectivity index (χ1v) is 8.46. The van der Waals surface area contributed by atoms with E-state index in [0.29, 0.717) is 28.6 Å². The van der Waals surface area contributed by atoms with Gasteiger partial charge in [-0.25, -0.2) is 4.79 Å². The van der Waals surface area contributed by atoms with Gasteiger partial charge >= 0.3 is 5.97 Å². The third-order valence-electron chi connectivity index (χ3n) is 4.00. The first-order valence-electron chi connectivity index (χ1n) is 8.46. The third kappa shape index (κ3) is 4.85. The summed E-state index contributed by atoms with van der Waals surface area (Å²) in [5, 5.41) is 5.73. The predicted octanol–water partition coefficient (Wildman–Crippen LogP) is 2.86. The summed E-state index contributed by atoms with van der Waals surface area (Å²) in [5.41, 5.74) is 2.16. The number of nitrogens with one attached hydrogen (secondary N) is 2. The Morgan fingerprint density at radius 2 is 1.50 bits per heavy atom. The Morgan fingerprint density at radius 1 is 0.857 bits per heavy atom. The van der Waals surface area contributed by atoms with Gasteiger partial charge in [0.1, 0.15) is 5.75 Å². The number of aryl methyl sites for hydroxylation is 1. The molecule has 0 spiro atoms. The van der Waals surface area contributed by atoms with Crippen molar-refractivity contribution < 1.29 is 28.5 Å². The van der Waals surface area contributed by atoms with Gasteiger partial charge in [-0.1, -0.05) is 6.07 Å². The van der Waals surface area contributed by atoms with Gasteiger partial charge in [-0.3, -0.25) is 4.79 Å². The van der Waals surface area contributed by atoms with Crippen molar-refractivity contribution in [3.8, 4) is 17.2 Å². The summed E-state index contributed by atoms with van der Waals surface area (Å²) >= 11 is 0. The number of methoxy groups -OCH3 is 4. The molecule has 2 aromatic rings. The Labute approximate surface area is 163 Å². The molecule has 0 aliphatic rings. The molecule has 2 aromatic carbocycles. The van der Waals surface area contributed by atoms with E-state index in [4.69, 9.17) is 18.9 Å². The summed E-state index contributed by atoms with van der Waals surface area (Å²) in [5.74, 6) is 0.472. The van der Waals surface area contributed by atoms with Crippen molar-refractivity contribution in [1.29, 1.82) is 0 Å². The van der Waals surface area contributed by atoms with E-state index in [1.165, 1.54) is 34.5 Å². The molecule has 0 fully saturated rings. The van der Waals surface area contributed by atoms with Crippen LogP contribution in [0.3, 0.4) is 0 Å². The lowest BCUT2D eigenvalue weighted by atomic mass is 10.1. The molecule has 1 amide bonds. The van der Waals surface area contributed by atoms with Gasteiger partial charge in [-0.15, -0.1) is 0 Å². The lowest BCUT2D eigenvalue weighted by molar-refractivity contribution is -0.114. The molecular weight excluding hydrogens is 364 g/mol. The molecule has 0 aromatic heterocycles. The van der Waals surface area contributed by atoms with Crippen LogP contribution < -0.4 is 24.8 Å². The Balaban J connectivity index is 2.20. The van der Waals surface area contributed by atoms with E-state index in [1.54, 1.807) is 12.1 Å². The molecule has 8 heteroatoms. The molecule has 0 bridgehead atoms. The van der Waals surface area contributed by atoms with Crippen LogP contribution in [-0.2, 0) is 9.53 Å². The maximum Gasteiger partial charge on any atom is 0.340 e. The number of amides is 1. The first kappa shape index (κ1) is 20.9. The summed E-state index contributed by atoms with van der Waals surface area (Å²) in [4.78, 5) is 24.5. The summed E-state index contributed by atoms with van der Waals surface area (Å²) in [6.07, 6.45) is 0. The number of esters is 1. The molecule has 8 nitrogen and oxygen atoms in total. The number of hydrogen-bond acceptors (Lipinski definition) is 7. The zero-order valence-corrected chi connectivity index (χ0v) is 16.5. The van der Waals surface area contributed by atoms with E-state index in [-0.39, 0.29) is 18.0 Å². The average Bonchev–Trinajstić information content (AvgIpc) is 2.71. The van der Waals surface area contributed by atoms with Gasteiger partial charge in [0.2, 0.25) is 5.91 Å². The minimum Gasteiger partial charge on any atom is -0.495 e. The lowest BCUT2D eigenvalue weighted by Crippen LogP contribution is -2.23. The largest absolute Gasteiger partial charge is 0.495 e. The van der Waals surface area contributed by atoms with Crippen molar-refractivity contribution >= 4 is 23.3 Å². The number of carbonyl (C=O) groups excluding carboxylic acids is 2. The predicted molar refractivity (Wildman–Crippen MR) is 106 cm³/mol. The molecule has 0 aliphatic heterocycles. The number of benzene rings is 2. The van der Waals surface area contributed by atoms with Crippen LogP contribution in [0.2, 0.25) is 0 Å². The normalized spacial score (nSPS) is 10.0. The highest BCUT2D eigenvalue weighted by atomic mass is 16.5. The van der Waals surface area contributed by atoms with Crippen molar-refractivity contribution in [1.82, 2.24) is 0 Å². The molecule has 28 heavy (non-hydrogen) atoms. The van der Waals surface area contributed by atoms with E-state index in [9.17, 15) is 9.59 Å². The van der Waals surface area contributed by atoms with Gasteiger partial charge in [0.15, 0.2) is 11.5 Å². The number of hydrogen-bond donors (Lipinski definition) is 2. The van der Waals surface area contributed by atoms with Crippen LogP contribution in [0.5, 0.6) is 17.2 Å². The molecule has 2 rings (SSSR count). The lowest BCUT2D eigenvalue weighted by Gasteiger charge is -2.16. The van der Waals surface area contributed by atoms with E-state index in [2.05, 4.69) is 10.6 Å². The Morgan fingerprint density at radius 3 is 2.11 bits per heavy atom. The third-order valence-corrected chi connectivity index (χ3v) is 4.00. The monoisotopic (exact) mass is 388 g/mol. The smallest absolute Gasteiger partial charge is 0.340 e. The Bertz CT molecular complexity index is 866. The van der Waals surface area contributed by atoms with Gasteiger partial charge < -0.3 is 29.6 Å². The molecule has 0 heterocycles. The second-order valence-electron chi connectivity index (χ2n) is 5.85. The number of rotatable bonds is 8. The van der Waals surface area contributed by atoms with Crippen LogP contribution >= 0.6 is 0 Å². The second-order valence-corrected chi connectivity index (χ2v) is 5.85. The van der Waals surface area contributed by atoms with Crippen LogP contribution in [0.4, 0.5) is 11.4 Å². The van der Waals surface area contributed by atoms with E-state index >= 15 is 0 Å². The van der Waals surface area contributed by atoms with Crippen LogP contribution in [0.1, 0.15) is 15.9 Å². The molecule has 150 valence electrons. The van der Waals surface area contributed by atoms with Crippen molar-refractivity contribution in [2.75, 3.05) is 45.6 Å². The number of anilines is 2. The summed E-state index contributed by atoms with van der Waals surface area (Å²) in [7, 11) is 5.76. The SMILES string of the molecule is COC(=O)c1cc(OC)c(OC)cc1NCC(=O)Nc1cc(C)ccc1OC. The highest BCUT2D eigenvalue weighted by molar-refractivity contribution is 5.99. The van der Waals surface area contributed by atoms with Gasteiger partial charge in [-0.05, 0) is 24.6 Å². The minimum absolute atomic E-state index is 0.0867. The Hall–Kier alpha value is -3.42. The van der Waals surface area contributed by atoms with Crippen LogP contribution in [0, 0.1) is 6.92 Å².